The zero-order chi connectivity index (χ0) is 27.8. The molecule has 39 heavy (non-hydrogen) atoms. The molecule has 2 heterocycles. The first kappa shape index (κ1) is 28.3. The summed E-state index contributed by atoms with van der Waals surface area (Å²) in [5.41, 5.74) is 1.00. The van der Waals surface area contributed by atoms with Crippen LogP contribution < -0.4 is 18.9 Å². The molecule has 0 spiro atoms. The van der Waals surface area contributed by atoms with Crippen molar-refractivity contribution in [2.75, 3.05) is 46.7 Å². The number of amides is 1. The van der Waals surface area contributed by atoms with Crippen molar-refractivity contribution in [1.82, 2.24) is 4.90 Å². The smallest absolute Gasteiger partial charge is 0.295 e. The van der Waals surface area contributed by atoms with Crippen molar-refractivity contribution in [3.63, 3.8) is 0 Å². The first-order chi connectivity index (χ1) is 19.0. The zero-order valence-corrected chi connectivity index (χ0v) is 22.9. The van der Waals surface area contributed by atoms with Crippen molar-refractivity contribution in [1.29, 1.82) is 0 Å². The number of carbonyl (C=O) groups is 2. The Bertz CT molecular complexity index is 1210. The molecule has 4 rings (SSSR count). The van der Waals surface area contributed by atoms with Crippen molar-refractivity contribution in [2.24, 2.45) is 0 Å². The Hall–Kier alpha value is -3.72. The number of nitrogens with zero attached hydrogens (tertiary/aromatic N) is 1. The number of aliphatic hydroxyl groups is 1. The van der Waals surface area contributed by atoms with E-state index >= 15 is 0 Å². The summed E-state index contributed by atoms with van der Waals surface area (Å²) in [6.07, 6.45) is 3.61. The van der Waals surface area contributed by atoms with Gasteiger partial charge in [0.1, 0.15) is 19.0 Å². The van der Waals surface area contributed by atoms with E-state index in [1.54, 1.807) is 37.4 Å². The molecular formula is C30H37NO8. The maximum Gasteiger partial charge on any atom is 0.295 e. The van der Waals surface area contributed by atoms with Crippen molar-refractivity contribution >= 4 is 17.4 Å². The van der Waals surface area contributed by atoms with Gasteiger partial charge in [-0.3, -0.25) is 9.59 Å². The number of carbonyl (C=O) groups excluding carboxylic acids is 2. The summed E-state index contributed by atoms with van der Waals surface area (Å²) in [6, 6.07) is 9.54. The number of ketones is 1. The second-order valence-corrected chi connectivity index (χ2v) is 9.39. The van der Waals surface area contributed by atoms with Gasteiger partial charge in [-0.1, -0.05) is 25.8 Å². The highest BCUT2D eigenvalue weighted by Crippen LogP contribution is 2.43. The van der Waals surface area contributed by atoms with Gasteiger partial charge in [0.15, 0.2) is 23.0 Å². The minimum Gasteiger partial charge on any atom is -0.507 e. The van der Waals surface area contributed by atoms with Gasteiger partial charge in [-0.25, -0.2) is 0 Å². The number of rotatable bonds is 13. The number of fused-ring (bicyclic) bond motifs is 1. The molecule has 0 saturated carbocycles. The monoisotopic (exact) mass is 539 g/mol. The third-order valence-corrected chi connectivity index (χ3v) is 6.69. The Morgan fingerprint density at radius 2 is 1.74 bits per heavy atom. The molecule has 1 N–H and O–H groups in total. The van der Waals surface area contributed by atoms with Gasteiger partial charge in [0.25, 0.3) is 11.7 Å². The van der Waals surface area contributed by atoms with E-state index < -0.39 is 17.7 Å². The molecule has 0 radical (unpaired) electrons. The van der Waals surface area contributed by atoms with Crippen LogP contribution in [0.15, 0.2) is 42.0 Å². The summed E-state index contributed by atoms with van der Waals surface area (Å²) in [5, 5.41) is 11.4. The molecule has 210 valence electrons. The fourth-order valence-corrected chi connectivity index (χ4v) is 4.80. The number of hydrogen-bond donors (Lipinski definition) is 1. The molecule has 9 nitrogen and oxygen atoms in total. The van der Waals surface area contributed by atoms with E-state index in [-0.39, 0.29) is 17.9 Å². The first-order valence-corrected chi connectivity index (χ1v) is 13.6. The number of aliphatic hydroxyl groups excluding tert-OH is 1. The zero-order valence-electron chi connectivity index (χ0n) is 22.9. The molecule has 2 aromatic carbocycles. The first-order valence-electron chi connectivity index (χ1n) is 13.6. The summed E-state index contributed by atoms with van der Waals surface area (Å²) < 4.78 is 28.3. The fourth-order valence-electron chi connectivity index (χ4n) is 4.80. The van der Waals surface area contributed by atoms with Gasteiger partial charge in [0.2, 0.25) is 0 Å². The Balaban J connectivity index is 1.76. The Morgan fingerprint density at radius 1 is 0.949 bits per heavy atom. The van der Waals surface area contributed by atoms with Crippen LogP contribution in [0.2, 0.25) is 0 Å². The predicted molar refractivity (Wildman–Crippen MR) is 146 cm³/mol. The molecule has 2 aliphatic rings. The molecule has 0 unspecified atom stereocenters. The van der Waals surface area contributed by atoms with Crippen molar-refractivity contribution in [3.05, 3.63) is 53.1 Å². The average molecular weight is 540 g/mol. The molecule has 1 saturated heterocycles. The molecule has 0 bridgehead atoms. The second-order valence-electron chi connectivity index (χ2n) is 9.39. The third-order valence-electron chi connectivity index (χ3n) is 6.69. The highest BCUT2D eigenvalue weighted by atomic mass is 16.6. The summed E-state index contributed by atoms with van der Waals surface area (Å²) in [4.78, 5) is 28.1. The lowest BCUT2D eigenvalue weighted by Crippen LogP contribution is -2.31. The Kier molecular flexibility index (Phi) is 9.70. The molecule has 9 heteroatoms. The number of likely N-dealkylation sites (tertiary alicyclic amines) is 1. The normalized spacial score (nSPS) is 17.9. The lowest BCUT2D eigenvalue weighted by Gasteiger charge is -2.26. The second kappa shape index (κ2) is 13.4. The van der Waals surface area contributed by atoms with E-state index in [9.17, 15) is 14.7 Å². The number of hydrogen-bond acceptors (Lipinski definition) is 8. The lowest BCUT2D eigenvalue weighted by atomic mass is 9.94. The van der Waals surface area contributed by atoms with Gasteiger partial charge in [0, 0.05) is 25.8 Å². The summed E-state index contributed by atoms with van der Waals surface area (Å²) in [6.45, 7) is 6.51. The van der Waals surface area contributed by atoms with Crippen LogP contribution in [0.4, 0.5) is 0 Å². The van der Waals surface area contributed by atoms with Gasteiger partial charge in [-0.05, 0) is 55.7 Å². The van der Waals surface area contributed by atoms with Crippen LogP contribution in [0.25, 0.3) is 5.76 Å². The van der Waals surface area contributed by atoms with Crippen LogP contribution >= 0.6 is 0 Å². The molecule has 1 amide bonds. The van der Waals surface area contributed by atoms with Crippen LogP contribution in [-0.2, 0) is 14.3 Å². The van der Waals surface area contributed by atoms with Crippen molar-refractivity contribution in [3.8, 4) is 23.0 Å². The molecule has 1 atom stereocenters. The summed E-state index contributed by atoms with van der Waals surface area (Å²) in [5.74, 6) is 0.455. The number of unbranched alkanes of at least 4 members (excludes halogenated alkanes) is 2. The quantitative estimate of drug-likeness (QED) is 0.166. The van der Waals surface area contributed by atoms with Crippen molar-refractivity contribution in [2.45, 2.75) is 45.6 Å². The highest BCUT2D eigenvalue weighted by molar-refractivity contribution is 6.46. The number of benzene rings is 2. The van der Waals surface area contributed by atoms with Gasteiger partial charge >= 0.3 is 0 Å². The predicted octanol–water partition coefficient (Wildman–Crippen LogP) is 4.88. The van der Waals surface area contributed by atoms with E-state index in [1.165, 1.54) is 4.90 Å². The van der Waals surface area contributed by atoms with Gasteiger partial charge in [-0.15, -0.1) is 0 Å². The van der Waals surface area contributed by atoms with Gasteiger partial charge < -0.3 is 33.7 Å². The van der Waals surface area contributed by atoms with E-state index in [2.05, 4.69) is 6.92 Å². The minimum atomic E-state index is -0.816. The molecule has 0 aliphatic carbocycles. The van der Waals surface area contributed by atoms with Gasteiger partial charge in [0.05, 0.1) is 24.8 Å². The molecular weight excluding hydrogens is 502 g/mol. The van der Waals surface area contributed by atoms with E-state index in [4.69, 9.17) is 23.7 Å². The van der Waals surface area contributed by atoms with Gasteiger partial charge in [-0.2, -0.15) is 0 Å². The molecule has 2 aliphatic heterocycles. The van der Waals surface area contributed by atoms with E-state index in [1.807, 2.05) is 13.0 Å². The number of methoxy groups -OCH3 is 1. The third kappa shape index (κ3) is 6.30. The Labute approximate surface area is 229 Å². The largest absolute Gasteiger partial charge is 0.507 e. The lowest BCUT2D eigenvalue weighted by molar-refractivity contribution is -0.140. The number of ether oxygens (including phenoxy) is 5. The van der Waals surface area contributed by atoms with Crippen LogP contribution in [0.5, 0.6) is 23.0 Å². The molecule has 0 aromatic heterocycles. The standard InChI is InChI=1S/C30H37NO8/c1-4-6-7-15-37-22-11-9-20(18-24(22)36-5-2)27-26(29(33)30(34)31(27)13-8-14-35-3)28(32)21-10-12-23-25(19-21)39-17-16-38-23/h9-12,18-19,27,32H,4-8,13-17H2,1-3H3/b28-26+/t27-/m0/s1. The fraction of sp³-hybridized carbons (Fsp3) is 0.467. The average Bonchev–Trinajstić information content (AvgIpc) is 3.20. The topological polar surface area (TPSA) is 104 Å². The Morgan fingerprint density at radius 3 is 2.49 bits per heavy atom. The van der Waals surface area contributed by atoms with E-state index in [0.29, 0.717) is 73.6 Å². The van der Waals surface area contributed by atoms with Crippen LogP contribution in [0.1, 0.15) is 56.7 Å². The number of Topliss-reactive ketones (excluding diaryl/α,β-unsaturated/α-hetero) is 1. The van der Waals surface area contributed by atoms with Crippen LogP contribution in [0, 0.1) is 0 Å². The summed E-state index contributed by atoms with van der Waals surface area (Å²) >= 11 is 0. The maximum atomic E-state index is 13.4. The SMILES string of the molecule is CCCCCOc1ccc([C@H]2/C(=C(\O)c3ccc4c(c3)OCCO4)C(=O)C(=O)N2CCCOC)cc1OCC. The maximum absolute atomic E-state index is 13.4. The van der Waals surface area contributed by atoms with Crippen molar-refractivity contribution < 1.29 is 38.4 Å². The molecule has 2 aromatic rings. The summed E-state index contributed by atoms with van der Waals surface area (Å²) in [7, 11) is 1.58. The van der Waals surface area contributed by atoms with Crippen LogP contribution in [0.3, 0.4) is 0 Å². The molecule has 1 fully saturated rings. The minimum absolute atomic E-state index is 0.00755. The van der Waals surface area contributed by atoms with E-state index in [0.717, 1.165) is 19.3 Å². The highest BCUT2D eigenvalue weighted by Gasteiger charge is 2.46. The van der Waals surface area contributed by atoms with Crippen LogP contribution in [-0.4, -0.2) is 68.4 Å².